The molecule has 1 fully saturated rings. The average Bonchev–Trinajstić information content (AvgIpc) is 2.93. The molecule has 2 unspecified atom stereocenters. The van der Waals surface area contributed by atoms with E-state index in [4.69, 9.17) is 0 Å². The minimum Gasteiger partial charge on any atom is -0.393 e. The van der Waals surface area contributed by atoms with Gasteiger partial charge in [-0.15, -0.1) is 0 Å². The molecule has 1 aliphatic carbocycles. The minimum atomic E-state index is -0.255. The largest absolute Gasteiger partial charge is 0.393 e. The number of aliphatic hydroxyl groups excluding tert-OH is 1. The second-order valence-electron chi connectivity index (χ2n) is 5.21. The second-order valence-corrected chi connectivity index (χ2v) is 6.12. The number of hydrogen-bond acceptors (Lipinski definition) is 2. The van der Waals surface area contributed by atoms with E-state index in [9.17, 15) is 9.90 Å². The summed E-state index contributed by atoms with van der Waals surface area (Å²) in [5.41, 5.74) is 0.682. The number of nitrogens with zero attached hydrogens (tertiary/aromatic N) is 1. The first-order chi connectivity index (χ1) is 9.11. The number of halogens is 1. The third kappa shape index (κ3) is 3.60. The van der Waals surface area contributed by atoms with E-state index in [0.29, 0.717) is 12.2 Å². The summed E-state index contributed by atoms with van der Waals surface area (Å²) in [7, 11) is 0. The highest BCUT2D eigenvalue weighted by molar-refractivity contribution is 9.10. The highest BCUT2D eigenvalue weighted by Gasteiger charge is 2.25. The van der Waals surface area contributed by atoms with Gasteiger partial charge in [-0.25, -0.2) is 0 Å². The van der Waals surface area contributed by atoms with Crippen LogP contribution >= 0.6 is 15.9 Å². The Morgan fingerprint density at radius 2 is 2.37 bits per heavy atom. The third-order valence-corrected chi connectivity index (χ3v) is 4.14. The summed E-state index contributed by atoms with van der Waals surface area (Å²) in [5.74, 6) is 0.153. The number of hydrogen-bond donors (Lipinski definition) is 2. The molecule has 1 aromatic heterocycles. The van der Waals surface area contributed by atoms with Crippen molar-refractivity contribution >= 4 is 21.8 Å². The lowest BCUT2D eigenvalue weighted by Gasteiger charge is -2.15. The predicted octanol–water partition coefficient (Wildman–Crippen LogP) is 2.55. The van der Waals surface area contributed by atoms with Crippen molar-refractivity contribution in [1.29, 1.82) is 0 Å². The molecule has 1 aromatic rings. The molecule has 0 bridgehead atoms. The lowest BCUT2D eigenvalue weighted by Crippen LogP contribution is -2.33. The molecule has 0 aliphatic heterocycles. The maximum absolute atomic E-state index is 12.2. The quantitative estimate of drug-likeness (QED) is 0.872. The molecule has 0 aromatic carbocycles. The zero-order valence-electron chi connectivity index (χ0n) is 11.2. The second kappa shape index (κ2) is 6.57. The van der Waals surface area contributed by atoms with Crippen molar-refractivity contribution in [2.45, 2.75) is 45.3 Å². The van der Waals surface area contributed by atoms with E-state index in [2.05, 4.69) is 28.2 Å². The summed E-state index contributed by atoms with van der Waals surface area (Å²) >= 11 is 3.41. The van der Waals surface area contributed by atoms with Crippen molar-refractivity contribution < 1.29 is 9.90 Å². The van der Waals surface area contributed by atoms with Crippen LogP contribution < -0.4 is 5.32 Å². The van der Waals surface area contributed by atoms with E-state index in [1.807, 2.05) is 16.8 Å². The van der Waals surface area contributed by atoms with Crippen molar-refractivity contribution in [2.24, 2.45) is 5.92 Å². The highest BCUT2D eigenvalue weighted by Crippen LogP contribution is 2.24. The lowest BCUT2D eigenvalue weighted by atomic mass is 10.1. The molecule has 1 aliphatic rings. The molecule has 19 heavy (non-hydrogen) atoms. The van der Waals surface area contributed by atoms with Gasteiger partial charge in [-0.2, -0.15) is 0 Å². The molecule has 0 saturated heterocycles. The molecule has 5 heteroatoms. The summed E-state index contributed by atoms with van der Waals surface area (Å²) in [5, 5.41) is 12.7. The summed E-state index contributed by atoms with van der Waals surface area (Å²) < 4.78 is 2.89. The van der Waals surface area contributed by atoms with Crippen molar-refractivity contribution in [2.75, 3.05) is 6.54 Å². The van der Waals surface area contributed by atoms with Crippen LogP contribution in [-0.4, -0.2) is 28.2 Å². The molecule has 2 rings (SSSR count). The molecule has 2 N–H and O–H groups in total. The van der Waals surface area contributed by atoms with Crippen LogP contribution in [0, 0.1) is 5.92 Å². The Hall–Kier alpha value is -0.810. The summed E-state index contributed by atoms with van der Waals surface area (Å²) in [6.07, 6.45) is 5.58. The van der Waals surface area contributed by atoms with E-state index in [1.165, 1.54) is 0 Å². The smallest absolute Gasteiger partial charge is 0.267 e. The van der Waals surface area contributed by atoms with Gasteiger partial charge in [0.15, 0.2) is 0 Å². The Labute approximate surface area is 122 Å². The molecule has 1 amide bonds. The van der Waals surface area contributed by atoms with Gasteiger partial charge in [0.05, 0.1) is 6.10 Å². The molecule has 106 valence electrons. The number of aryl methyl sites for hydroxylation is 1. The number of aliphatic hydroxyl groups is 1. The molecule has 0 radical (unpaired) electrons. The normalized spacial score (nSPS) is 22.7. The van der Waals surface area contributed by atoms with Crippen molar-refractivity contribution in [1.82, 2.24) is 9.88 Å². The van der Waals surface area contributed by atoms with Gasteiger partial charge in [-0.3, -0.25) is 4.79 Å². The Balaban J connectivity index is 1.95. The van der Waals surface area contributed by atoms with Gasteiger partial charge < -0.3 is 15.0 Å². The molecule has 1 heterocycles. The van der Waals surface area contributed by atoms with Gasteiger partial charge in [-0.05, 0) is 41.3 Å². The molecule has 0 spiro atoms. The van der Waals surface area contributed by atoms with Crippen LogP contribution in [0.15, 0.2) is 16.7 Å². The molecule has 1 saturated carbocycles. The number of carbonyl (C=O) groups is 1. The molecule has 4 nitrogen and oxygen atoms in total. The van der Waals surface area contributed by atoms with E-state index >= 15 is 0 Å². The molecular formula is C14H21BrN2O2. The van der Waals surface area contributed by atoms with Gasteiger partial charge in [0.2, 0.25) is 0 Å². The van der Waals surface area contributed by atoms with Crippen molar-refractivity contribution in [3.63, 3.8) is 0 Å². The maximum atomic E-state index is 12.2. The van der Waals surface area contributed by atoms with E-state index in [1.54, 1.807) is 0 Å². The fourth-order valence-corrected chi connectivity index (χ4v) is 3.12. The van der Waals surface area contributed by atoms with Crippen LogP contribution in [0.3, 0.4) is 0 Å². The zero-order chi connectivity index (χ0) is 13.8. The van der Waals surface area contributed by atoms with Gasteiger partial charge in [0.25, 0.3) is 5.91 Å². The van der Waals surface area contributed by atoms with Gasteiger partial charge in [0, 0.05) is 29.7 Å². The summed E-state index contributed by atoms with van der Waals surface area (Å²) in [6.45, 7) is 3.49. The number of amides is 1. The van der Waals surface area contributed by atoms with Crippen molar-refractivity contribution in [3.05, 3.63) is 22.4 Å². The first kappa shape index (κ1) is 14.6. The van der Waals surface area contributed by atoms with E-state index in [-0.39, 0.29) is 17.9 Å². The highest BCUT2D eigenvalue weighted by atomic mass is 79.9. The van der Waals surface area contributed by atoms with Crippen LogP contribution in [0.25, 0.3) is 0 Å². The third-order valence-electron chi connectivity index (χ3n) is 3.70. The number of carbonyl (C=O) groups excluding carboxylic acids is 1. The topological polar surface area (TPSA) is 54.3 Å². The van der Waals surface area contributed by atoms with Crippen LogP contribution in [0.1, 0.15) is 43.1 Å². The predicted molar refractivity (Wildman–Crippen MR) is 78.1 cm³/mol. The van der Waals surface area contributed by atoms with Gasteiger partial charge in [0.1, 0.15) is 5.69 Å². The fraction of sp³-hybridized carbons (Fsp3) is 0.643. The lowest BCUT2D eigenvalue weighted by molar-refractivity contribution is 0.0908. The minimum absolute atomic E-state index is 0.0572. The van der Waals surface area contributed by atoms with E-state index in [0.717, 1.165) is 36.7 Å². The Kier molecular flexibility index (Phi) is 5.05. The molecule has 2 atom stereocenters. The van der Waals surface area contributed by atoms with Crippen LogP contribution in [0.2, 0.25) is 0 Å². The Morgan fingerprint density at radius 3 is 3.00 bits per heavy atom. The monoisotopic (exact) mass is 328 g/mol. The van der Waals surface area contributed by atoms with Gasteiger partial charge >= 0.3 is 0 Å². The maximum Gasteiger partial charge on any atom is 0.267 e. The van der Waals surface area contributed by atoms with Gasteiger partial charge in [-0.1, -0.05) is 13.3 Å². The number of rotatable bonds is 5. The first-order valence-corrected chi connectivity index (χ1v) is 7.73. The fourth-order valence-electron chi connectivity index (χ4n) is 2.66. The van der Waals surface area contributed by atoms with Crippen LogP contribution in [0.4, 0.5) is 0 Å². The molecular weight excluding hydrogens is 308 g/mol. The Bertz CT molecular complexity index is 445. The standard InChI is InChI=1S/C14H21BrN2O2/c1-2-6-17-9-11(15)7-12(17)14(19)16-8-10-4-3-5-13(10)18/h7,9-10,13,18H,2-6,8H2,1H3,(H,16,19). The average molecular weight is 329 g/mol. The van der Waals surface area contributed by atoms with Crippen LogP contribution in [-0.2, 0) is 6.54 Å². The summed E-state index contributed by atoms with van der Waals surface area (Å²) in [6, 6.07) is 1.84. The summed E-state index contributed by atoms with van der Waals surface area (Å²) in [4.78, 5) is 12.2. The number of aromatic nitrogens is 1. The zero-order valence-corrected chi connectivity index (χ0v) is 12.8. The number of nitrogens with one attached hydrogen (secondary N) is 1. The first-order valence-electron chi connectivity index (χ1n) is 6.93. The van der Waals surface area contributed by atoms with Crippen molar-refractivity contribution in [3.8, 4) is 0 Å². The SMILES string of the molecule is CCCn1cc(Br)cc1C(=O)NCC1CCCC1O. The Morgan fingerprint density at radius 1 is 1.58 bits per heavy atom. The van der Waals surface area contributed by atoms with Crippen LogP contribution in [0.5, 0.6) is 0 Å². The van der Waals surface area contributed by atoms with E-state index < -0.39 is 0 Å².